The van der Waals surface area contributed by atoms with Crippen molar-refractivity contribution in [3.05, 3.63) is 33.9 Å². The number of non-ortho nitro benzene ring substituents is 1. The fourth-order valence-electron chi connectivity index (χ4n) is 2.83. The van der Waals surface area contributed by atoms with Crippen LogP contribution in [0.5, 0.6) is 0 Å². The third kappa shape index (κ3) is 6.08. The summed E-state index contributed by atoms with van der Waals surface area (Å²) in [6, 6.07) is 3.03. The number of alkyl carbamates (subject to hydrolysis) is 1. The molecular formula is C18H25N3O7. The van der Waals surface area contributed by atoms with E-state index in [0.717, 1.165) is 0 Å². The number of nitrogens with zero attached hydrogens (tertiary/aromatic N) is 2. The van der Waals surface area contributed by atoms with Crippen LogP contribution in [0.25, 0.3) is 0 Å². The zero-order chi connectivity index (χ0) is 20.9. The summed E-state index contributed by atoms with van der Waals surface area (Å²) in [5.41, 5.74) is 0.219. The molecule has 2 N–H and O–H groups in total. The van der Waals surface area contributed by atoms with Gasteiger partial charge in [0.05, 0.1) is 18.1 Å². The van der Waals surface area contributed by atoms with Crippen LogP contribution in [0.2, 0.25) is 0 Å². The molecule has 1 aliphatic heterocycles. The van der Waals surface area contributed by atoms with Crippen molar-refractivity contribution in [1.82, 2.24) is 5.32 Å². The number of amides is 1. The van der Waals surface area contributed by atoms with E-state index in [1.54, 1.807) is 26.8 Å². The molecule has 0 aromatic heterocycles. The van der Waals surface area contributed by atoms with Gasteiger partial charge in [0, 0.05) is 37.3 Å². The Balaban J connectivity index is 2.28. The summed E-state index contributed by atoms with van der Waals surface area (Å²) in [5, 5.41) is 23.0. The minimum absolute atomic E-state index is 0.122. The Hall–Kier alpha value is -2.88. The highest BCUT2D eigenvalue weighted by Gasteiger charge is 2.27. The maximum atomic E-state index is 12.0. The fraction of sp³-hybridized carbons (Fsp3) is 0.556. The molecule has 0 saturated carbocycles. The van der Waals surface area contributed by atoms with Gasteiger partial charge in [-0.25, -0.2) is 9.59 Å². The largest absolute Gasteiger partial charge is 0.480 e. The van der Waals surface area contributed by atoms with Crippen LogP contribution < -0.4 is 10.2 Å². The van der Waals surface area contributed by atoms with Crippen LogP contribution in [0.15, 0.2) is 18.2 Å². The first-order valence-electron chi connectivity index (χ1n) is 8.89. The topological polar surface area (TPSA) is 131 Å². The molecule has 1 atom stereocenters. The Bertz CT molecular complexity index is 739. The molecule has 10 nitrogen and oxygen atoms in total. The molecule has 2 rings (SSSR count). The van der Waals surface area contributed by atoms with Crippen molar-refractivity contribution in [2.75, 3.05) is 31.2 Å². The number of aliphatic carboxylic acids is 1. The van der Waals surface area contributed by atoms with Crippen LogP contribution in [-0.2, 0) is 20.7 Å². The van der Waals surface area contributed by atoms with Crippen molar-refractivity contribution in [1.29, 1.82) is 0 Å². The van der Waals surface area contributed by atoms with Crippen molar-refractivity contribution in [2.45, 2.75) is 38.8 Å². The highest BCUT2D eigenvalue weighted by Crippen LogP contribution is 2.27. The third-order valence-corrected chi connectivity index (χ3v) is 4.04. The number of rotatable bonds is 6. The van der Waals surface area contributed by atoms with Gasteiger partial charge in [0.1, 0.15) is 11.6 Å². The number of hydrogen-bond donors (Lipinski definition) is 2. The van der Waals surface area contributed by atoms with Gasteiger partial charge in [0.2, 0.25) is 0 Å². The second kappa shape index (κ2) is 8.87. The molecule has 1 amide bonds. The lowest BCUT2D eigenvalue weighted by Gasteiger charge is -2.31. The average Bonchev–Trinajstić information content (AvgIpc) is 2.60. The molecule has 154 valence electrons. The quantitative estimate of drug-likeness (QED) is 0.552. The summed E-state index contributed by atoms with van der Waals surface area (Å²) in [6.07, 6.45) is -0.985. The van der Waals surface area contributed by atoms with Crippen LogP contribution in [0.4, 0.5) is 16.2 Å². The molecule has 0 radical (unpaired) electrons. The van der Waals surface area contributed by atoms with Crippen LogP contribution in [0, 0.1) is 10.1 Å². The number of benzene rings is 1. The Kier molecular flexibility index (Phi) is 6.79. The van der Waals surface area contributed by atoms with Gasteiger partial charge in [-0.15, -0.1) is 0 Å². The fourth-order valence-corrected chi connectivity index (χ4v) is 2.83. The van der Waals surface area contributed by atoms with Gasteiger partial charge in [-0.1, -0.05) is 0 Å². The lowest BCUT2D eigenvalue weighted by atomic mass is 10.0. The molecule has 1 fully saturated rings. The summed E-state index contributed by atoms with van der Waals surface area (Å²) < 4.78 is 10.4. The number of morpholine rings is 1. The average molecular weight is 395 g/mol. The zero-order valence-corrected chi connectivity index (χ0v) is 16.1. The van der Waals surface area contributed by atoms with Crippen molar-refractivity contribution in [3.63, 3.8) is 0 Å². The van der Waals surface area contributed by atoms with Gasteiger partial charge in [-0.2, -0.15) is 0 Å². The second-order valence-corrected chi connectivity index (χ2v) is 7.41. The van der Waals surface area contributed by atoms with E-state index in [1.807, 2.05) is 4.90 Å². The number of hydrogen-bond acceptors (Lipinski definition) is 7. The van der Waals surface area contributed by atoms with Gasteiger partial charge in [-0.3, -0.25) is 10.1 Å². The van der Waals surface area contributed by atoms with Crippen molar-refractivity contribution in [3.8, 4) is 0 Å². The monoisotopic (exact) mass is 395 g/mol. The normalized spacial score (nSPS) is 15.6. The number of nitro benzene ring substituents is 1. The number of anilines is 1. The lowest BCUT2D eigenvalue weighted by molar-refractivity contribution is -0.384. The molecule has 1 heterocycles. The number of nitrogens with one attached hydrogen (secondary N) is 1. The molecule has 10 heteroatoms. The Morgan fingerprint density at radius 2 is 2.00 bits per heavy atom. The highest BCUT2D eigenvalue weighted by atomic mass is 16.6. The predicted molar refractivity (Wildman–Crippen MR) is 101 cm³/mol. The second-order valence-electron chi connectivity index (χ2n) is 7.41. The van der Waals surface area contributed by atoms with Crippen LogP contribution >= 0.6 is 0 Å². The molecule has 1 aromatic carbocycles. The number of ether oxygens (including phenoxy) is 2. The summed E-state index contributed by atoms with van der Waals surface area (Å²) in [6.45, 7) is 7.19. The third-order valence-electron chi connectivity index (χ3n) is 4.04. The molecule has 1 aliphatic rings. The molecule has 28 heavy (non-hydrogen) atoms. The van der Waals surface area contributed by atoms with Gasteiger partial charge >= 0.3 is 12.1 Å². The van der Waals surface area contributed by atoms with Crippen LogP contribution in [0.1, 0.15) is 26.3 Å². The lowest BCUT2D eigenvalue weighted by Crippen LogP contribution is -2.45. The van der Waals surface area contributed by atoms with Gasteiger partial charge in [0.25, 0.3) is 5.69 Å². The summed E-state index contributed by atoms with van der Waals surface area (Å²) in [5.74, 6) is -1.26. The number of carboxylic acid groups (broad SMARTS) is 1. The minimum atomic E-state index is -1.29. The molecule has 0 spiro atoms. The summed E-state index contributed by atoms with van der Waals surface area (Å²) in [7, 11) is 0. The van der Waals surface area contributed by atoms with Crippen molar-refractivity contribution >= 4 is 23.4 Å². The summed E-state index contributed by atoms with van der Waals surface area (Å²) >= 11 is 0. The molecule has 0 bridgehead atoms. The number of carboxylic acids is 1. The maximum Gasteiger partial charge on any atom is 0.408 e. The van der Waals surface area contributed by atoms with Crippen LogP contribution in [-0.4, -0.2) is 60.0 Å². The minimum Gasteiger partial charge on any atom is -0.480 e. The number of nitro groups is 1. The Labute approximate surface area is 162 Å². The van der Waals surface area contributed by atoms with E-state index in [0.29, 0.717) is 37.6 Å². The number of carbonyl (C=O) groups is 2. The van der Waals surface area contributed by atoms with E-state index in [1.165, 1.54) is 12.1 Å². The van der Waals surface area contributed by atoms with E-state index in [4.69, 9.17) is 9.47 Å². The van der Waals surface area contributed by atoms with Gasteiger partial charge in [0.15, 0.2) is 0 Å². The molecule has 1 saturated heterocycles. The smallest absolute Gasteiger partial charge is 0.408 e. The Morgan fingerprint density at radius 3 is 2.54 bits per heavy atom. The summed E-state index contributed by atoms with van der Waals surface area (Å²) in [4.78, 5) is 36.3. The molecule has 1 unspecified atom stereocenters. The first-order chi connectivity index (χ1) is 13.1. The van der Waals surface area contributed by atoms with E-state index < -0.39 is 28.6 Å². The standard InChI is InChI=1S/C18H25N3O7/c1-18(2,3)28-17(24)19-14(16(22)23)11-12-10-13(21(25)26)4-5-15(12)20-6-8-27-9-7-20/h4-5,10,14H,6-9,11H2,1-3H3,(H,19,24)(H,22,23). The molecular weight excluding hydrogens is 370 g/mol. The first kappa shape index (κ1) is 21.4. The molecule has 0 aliphatic carbocycles. The Morgan fingerprint density at radius 1 is 1.36 bits per heavy atom. The van der Waals surface area contributed by atoms with E-state index in [-0.39, 0.29) is 12.1 Å². The number of carbonyl (C=O) groups excluding carboxylic acids is 1. The predicted octanol–water partition coefficient (Wildman–Crippen LogP) is 1.95. The van der Waals surface area contributed by atoms with E-state index in [2.05, 4.69) is 5.32 Å². The van der Waals surface area contributed by atoms with E-state index >= 15 is 0 Å². The maximum absolute atomic E-state index is 12.0. The van der Waals surface area contributed by atoms with Crippen molar-refractivity contribution in [2.24, 2.45) is 0 Å². The van der Waals surface area contributed by atoms with E-state index in [9.17, 15) is 24.8 Å². The van der Waals surface area contributed by atoms with Gasteiger partial charge in [-0.05, 0) is 32.4 Å². The zero-order valence-electron chi connectivity index (χ0n) is 16.1. The van der Waals surface area contributed by atoms with Crippen LogP contribution in [0.3, 0.4) is 0 Å². The molecule has 1 aromatic rings. The first-order valence-corrected chi connectivity index (χ1v) is 8.89. The van der Waals surface area contributed by atoms with Crippen molar-refractivity contribution < 1.29 is 29.1 Å². The highest BCUT2D eigenvalue weighted by molar-refractivity contribution is 5.80. The van der Waals surface area contributed by atoms with Gasteiger partial charge < -0.3 is 24.8 Å². The SMILES string of the molecule is CC(C)(C)OC(=O)NC(Cc1cc([N+](=O)[O-])ccc1N1CCOCC1)C(=O)O.